The molecule has 106 valence electrons. The Kier molecular flexibility index (Phi) is 4.51. The van der Waals surface area contributed by atoms with Crippen LogP contribution in [-0.4, -0.2) is 19.6 Å². The van der Waals surface area contributed by atoms with Crippen LogP contribution >= 0.6 is 0 Å². The summed E-state index contributed by atoms with van der Waals surface area (Å²) in [7, 11) is 0. The lowest BCUT2D eigenvalue weighted by molar-refractivity contribution is 0.292. The van der Waals surface area contributed by atoms with Gasteiger partial charge >= 0.3 is 0 Å². The molecule has 19 heavy (non-hydrogen) atoms. The summed E-state index contributed by atoms with van der Waals surface area (Å²) in [5.74, 6) is 0. The zero-order valence-electron chi connectivity index (χ0n) is 12.9. The first-order valence-corrected chi connectivity index (χ1v) is 7.61. The molecule has 1 aromatic carbocycles. The van der Waals surface area contributed by atoms with E-state index in [1.54, 1.807) is 0 Å². The SMILES string of the molecule is CCNC(C)c1ccccc1N1CCCC(C)(C)C1. The monoisotopic (exact) mass is 260 g/mol. The Bertz CT molecular complexity index is 411. The smallest absolute Gasteiger partial charge is 0.0414 e. The van der Waals surface area contributed by atoms with E-state index < -0.39 is 0 Å². The van der Waals surface area contributed by atoms with Crippen molar-refractivity contribution < 1.29 is 0 Å². The van der Waals surface area contributed by atoms with Gasteiger partial charge in [-0.2, -0.15) is 0 Å². The van der Waals surface area contributed by atoms with Crippen molar-refractivity contribution in [1.82, 2.24) is 5.32 Å². The highest BCUT2D eigenvalue weighted by atomic mass is 15.1. The fourth-order valence-corrected chi connectivity index (χ4v) is 3.19. The second kappa shape index (κ2) is 5.96. The molecule has 1 heterocycles. The van der Waals surface area contributed by atoms with Crippen LogP contribution in [0.5, 0.6) is 0 Å². The van der Waals surface area contributed by atoms with Crippen molar-refractivity contribution in [3.8, 4) is 0 Å². The molecule has 0 amide bonds. The third-order valence-electron chi connectivity index (χ3n) is 4.15. The van der Waals surface area contributed by atoms with Crippen LogP contribution in [0, 0.1) is 5.41 Å². The first-order chi connectivity index (χ1) is 9.03. The van der Waals surface area contributed by atoms with Crippen LogP contribution in [0.3, 0.4) is 0 Å². The number of nitrogens with zero attached hydrogens (tertiary/aromatic N) is 1. The standard InChI is InChI=1S/C17H28N2/c1-5-18-14(2)15-9-6-7-10-16(15)19-12-8-11-17(3,4)13-19/h6-7,9-10,14,18H,5,8,11-13H2,1-4H3. The van der Waals surface area contributed by atoms with Crippen molar-refractivity contribution in [1.29, 1.82) is 0 Å². The topological polar surface area (TPSA) is 15.3 Å². The van der Waals surface area contributed by atoms with Gasteiger partial charge in [0, 0.05) is 24.8 Å². The van der Waals surface area contributed by atoms with Crippen LogP contribution < -0.4 is 10.2 Å². The van der Waals surface area contributed by atoms with Gasteiger partial charge in [0.05, 0.1) is 0 Å². The summed E-state index contributed by atoms with van der Waals surface area (Å²) >= 11 is 0. The van der Waals surface area contributed by atoms with E-state index in [1.165, 1.54) is 37.2 Å². The van der Waals surface area contributed by atoms with Crippen molar-refractivity contribution in [2.75, 3.05) is 24.5 Å². The molecule has 0 radical (unpaired) electrons. The third-order valence-corrected chi connectivity index (χ3v) is 4.15. The minimum Gasteiger partial charge on any atom is -0.371 e. The van der Waals surface area contributed by atoms with Crippen LogP contribution in [0.4, 0.5) is 5.69 Å². The molecule has 0 aromatic heterocycles. The first kappa shape index (κ1) is 14.4. The Morgan fingerprint density at radius 2 is 2.05 bits per heavy atom. The van der Waals surface area contributed by atoms with E-state index in [-0.39, 0.29) is 0 Å². The molecule has 0 bridgehead atoms. The lowest BCUT2D eigenvalue weighted by atomic mass is 9.83. The number of benzene rings is 1. The molecule has 0 aliphatic carbocycles. The van der Waals surface area contributed by atoms with E-state index in [9.17, 15) is 0 Å². The zero-order valence-corrected chi connectivity index (χ0v) is 12.9. The summed E-state index contributed by atoms with van der Waals surface area (Å²) in [4.78, 5) is 2.58. The molecule has 2 nitrogen and oxygen atoms in total. The van der Waals surface area contributed by atoms with Gasteiger partial charge in [-0.15, -0.1) is 0 Å². The van der Waals surface area contributed by atoms with Crippen molar-refractivity contribution in [2.45, 2.75) is 46.6 Å². The van der Waals surface area contributed by atoms with Gasteiger partial charge in [0.25, 0.3) is 0 Å². The van der Waals surface area contributed by atoms with E-state index in [0.717, 1.165) is 6.54 Å². The summed E-state index contributed by atoms with van der Waals surface area (Å²) < 4.78 is 0. The Hall–Kier alpha value is -1.02. The number of anilines is 1. The molecule has 1 aromatic rings. The van der Waals surface area contributed by atoms with Crippen molar-refractivity contribution in [2.24, 2.45) is 5.41 Å². The predicted molar refractivity (Wildman–Crippen MR) is 83.8 cm³/mol. The maximum atomic E-state index is 3.54. The summed E-state index contributed by atoms with van der Waals surface area (Å²) in [5, 5.41) is 3.54. The fraction of sp³-hybridized carbons (Fsp3) is 0.647. The molecule has 1 unspecified atom stereocenters. The van der Waals surface area contributed by atoms with Gasteiger partial charge in [-0.1, -0.05) is 39.0 Å². The highest BCUT2D eigenvalue weighted by Gasteiger charge is 2.27. The largest absolute Gasteiger partial charge is 0.371 e. The van der Waals surface area contributed by atoms with Crippen molar-refractivity contribution >= 4 is 5.69 Å². The molecule has 2 heteroatoms. The Morgan fingerprint density at radius 1 is 1.32 bits per heavy atom. The summed E-state index contributed by atoms with van der Waals surface area (Å²) in [5.41, 5.74) is 3.29. The van der Waals surface area contributed by atoms with Crippen LogP contribution in [-0.2, 0) is 0 Å². The number of hydrogen-bond donors (Lipinski definition) is 1. The average molecular weight is 260 g/mol. The first-order valence-electron chi connectivity index (χ1n) is 7.61. The van der Waals surface area contributed by atoms with Gasteiger partial charge in [-0.05, 0) is 43.4 Å². The quantitative estimate of drug-likeness (QED) is 0.881. The van der Waals surface area contributed by atoms with Gasteiger partial charge in [-0.25, -0.2) is 0 Å². The minimum atomic E-state index is 0.422. The zero-order chi connectivity index (χ0) is 13.9. The molecule has 0 spiro atoms. The Morgan fingerprint density at radius 3 is 2.74 bits per heavy atom. The van der Waals surface area contributed by atoms with Crippen molar-refractivity contribution in [3.63, 3.8) is 0 Å². The average Bonchev–Trinajstić information content (AvgIpc) is 2.38. The van der Waals surface area contributed by atoms with Gasteiger partial charge in [-0.3, -0.25) is 0 Å². The van der Waals surface area contributed by atoms with Crippen LogP contribution in [0.15, 0.2) is 24.3 Å². The van der Waals surface area contributed by atoms with Crippen LogP contribution in [0.25, 0.3) is 0 Å². The molecule has 1 saturated heterocycles. The highest BCUT2D eigenvalue weighted by Crippen LogP contribution is 2.34. The van der Waals surface area contributed by atoms with Gasteiger partial charge in [0.15, 0.2) is 0 Å². The predicted octanol–water partition coefficient (Wildman–Crippen LogP) is 3.98. The maximum absolute atomic E-state index is 3.54. The lowest BCUT2D eigenvalue weighted by Crippen LogP contribution is -2.40. The number of piperidine rings is 1. The molecular formula is C17H28N2. The highest BCUT2D eigenvalue weighted by molar-refractivity contribution is 5.55. The molecule has 1 fully saturated rings. The summed E-state index contributed by atoms with van der Waals surface area (Å²) in [6, 6.07) is 9.29. The molecule has 1 atom stereocenters. The summed E-state index contributed by atoms with van der Waals surface area (Å²) in [6.07, 6.45) is 2.64. The lowest BCUT2D eigenvalue weighted by Gasteiger charge is -2.40. The molecule has 1 aliphatic rings. The molecule has 0 saturated carbocycles. The van der Waals surface area contributed by atoms with E-state index in [2.05, 4.69) is 62.2 Å². The van der Waals surface area contributed by atoms with E-state index in [4.69, 9.17) is 0 Å². The Balaban J connectivity index is 2.24. The second-order valence-electron chi connectivity index (χ2n) is 6.53. The molecule has 2 rings (SSSR count). The van der Waals surface area contributed by atoms with Gasteiger partial charge in [0.2, 0.25) is 0 Å². The minimum absolute atomic E-state index is 0.422. The van der Waals surface area contributed by atoms with Gasteiger partial charge in [0.1, 0.15) is 0 Å². The third kappa shape index (κ3) is 3.50. The van der Waals surface area contributed by atoms with Gasteiger partial charge < -0.3 is 10.2 Å². The number of hydrogen-bond acceptors (Lipinski definition) is 2. The van der Waals surface area contributed by atoms with Crippen LogP contribution in [0.1, 0.15) is 52.1 Å². The van der Waals surface area contributed by atoms with Crippen molar-refractivity contribution in [3.05, 3.63) is 29.8 Å². The molecule has 1 aliphatic heterocycles. The maximum Gasteiger partial charge on any atom is 0.0414 e. The second-order valence-corrected chi connectivity index (χ2v) is 6.53. The number of para-hydroxylation sites is 1. The molecule has 1 N–H and O–H groups in total. The fourth-order valence-electron chi connectivity index (χ4n) is 3.19. The summed E-state index contributed by atoms with van der Waals surface area (Å²) in [6.45, 7) is 12.6. The van der Waals surface area contributed by atoms with E-state index in [1.807, 2.05) is 0 Å². The number of rotatable bonds is 4. The molecular weight excluding hydrogens is 232 g/mol. The van der Waals surface area contributed by atoms with E-state index in [0.29, 0.717) is 11.5 Å². The van der Waals surface area contributed by atoms with Crippen LogP contribution in [0.2, 0.25) is 0 Å². The van der Waals surface area contributed by atoms with E-state index >= 15 is 0 Å². The normalized spacial score (nSPS) is 20.3. The Labute approximate surface area is 118 Å². The number of nitrogens with one attached hydrogen (secondary N) is 1.